The standard InChI is InChI=1S/C17H13Br2NO/c18-15-4-3-12-7-14(2-1-13(12)8-15)17(21)6-11-5-16(19)10-20-9-11/h1-5,7-10,17,21H,6H2. The van der Waals surface area contributed by atoms with Crippen LogP contribution < -0.4 is 0 Å². The summed E-state index contributed by atoms with van der Waals surface area (Å²) in [6.45, 7) is 0. The molecule has 3 rings (SSSR count). The lowest BCUT2D eigenvalue weighted by Gasteiger charge is -2.12. The van der Waals surface area contributed by atoms with Crippen LogP contribution in [0.2, 0.25) is 0 Å². The second-order valence-electron chi connectivity index (χ2n) is 4.98. The van der Waals surface area contributed by atoms with Crippen molar-refractivity contribution in [2.45, 2.75) is 12.5 Å². The summed E-state index contributed by atoms with van der Waals surface area (Å²) in [5, 5.41) is 12.7. The molecule has 1 aromatic heterocycles. The first kappa shape index (κ1) is 14.7. The summed E-state index contributed by atoms with van der Waals surface area (Å²) in [6, 6.07) is 14.2. The van der Waals surface area contributed by atoms with E-state index in [4.69, 9.17) is 0 Å². The van der Waals surface area contributed by atoms with Gasteiger partial charge in [0, 0.05) is 27.8 Å². The maximum Gasteiger partial charge on any atom is 0.0831 e. The van der Waals surface area contributed by atoms with Crippen molar-refractivity contribution in [3.63, 3.8) is 0 Å². The van der Waals surface area contributed by atoms with Crippen LogP contribution in [0.25, 0.3) is 10.8 Å². The van der Waals surface area contributed by atoms with Gasteiger partial charge in [-0.25, -0.2) is 0 Å². The monoisotopic (exact) mass is 405 g/mol. The third-order valence-electron chi connectivity index (χ3n) is 3.40. The zero-order valence-corrected chi connectivity index (χ0v) is 14.3. The highest BCUT2D eigenvalue weighted by Crippen LogP contribution is 2.25. The summed E-state index contributed by atoms with van der Waals surface area (Å²) in [6.07, 6.45) is 3.54. The Bertz CT molecular complexity index is 789. The van der Waals surface area contributed by atoms with Gasteiger partial charge in [-0.1, -0.05) is 34.1 Å². The topological polar surface area (TPSA) is 33.1 Å². The Hall–Kier alpha value is -1.23. The molecule has 0 spiro atoms. The number of hydrogen-bond acceptors (Lipinski definition) is 2. The summed E-state index contributed by atoms with van der Waals surface area (Å²) >= 11 is 6.87. The molecular formula is C17H13Br2NO. The smallest absolute Gasteiger partial charge is 0.0831 e. The lowest BCUT2D eigenvalue weighted by atomic mass is 9.99. The molecule has 4 heteroatoms. The minimum absolute atomic E-state index is 0.533. The molecule has 1 unspecified atom stereocenters. The maximum absolute atomic E-state index is 10.4. The molecule has 0 saturated heterocycles. The predicted molar refractivity (Wildman–Crippen MR) is 92.2 cm³/mol. The molecule has 3 aromatic rings. The van der Waals surface area contributed by atoms with Gasteiger partial charge in [-0.3, -0.25) is 4.98 Å². The van der Waals surface area contributed by atoms with E-state index in [0.29, 0.717) is 6.42 Å². The number of fused-ring (bicyclic) bond motifs is 1. The number of pyridine rings is 1. The van der Waals surface area contributed by atoms with Crippen LogP contribution in [0.4, 0.5) is 0 Å². The molecule has 106 valence electrons. The van der Waals surface area contributed by atoms with Crippen molar-refractivity contribution in [2.75, 3.05) is 0 Å². The molecule has 0 fully saturated rings. The largest absolute Gasteiger partial charge is 0.388 e. The van der Waals surface area contributed by atoms with Crippen molar-refractivity contribution >= 4 is 42.6 Å². The predicted octanol–water partition coefficient (Wildman–Crippen LogP) is 5.04. The van der Waals surface area contributed by atoms with E-state index in [2.05, 4.69) is 49.0 Å². The average molecular weight is 407 g/mol. The zero-order chi connectivity index (χ0) is 14.8. The fraction of sp³-hybridized carbons (Fsp3) is 0.118. The zero-order valence-electron chi connectivity index (χ0n) is 11.1. The van der Waals surface area contributed by atoms with Gasteiger partial charge in [-0.05, 0) is 62.1 Å². The van der Waals surface area contributed by atoms with Gasteiger partial charge in [-0.2, -0.15) is 0 Å². The Morgan fingerprint density at radius 1 is 0.905 bits per heavy atom. The second kappa shape index (κ2) is 6.26. The second-order valence-corrected chi connectivity index (χ2v) is 6.81. The van der Waals surface area contributed by atoms with Gasteiger partial charge in [0.05, 0.1) is 6.10 Å². The number of halogens is 2. The van der Waals surface area contributed by atoms with E-state index in [1.807, 2.05) is 30.3 Å². The summed E-state index contributed by atoms with van der Waals surface area (Å²) in [4.78, 5) is 4.13. The van der Waals surface area contributed by atoms with Crippen LogP contribution in [-0.4, -0.2) is 10.1 Å². The number of nitrogens with zero attached hydrogens (tertiary/aromatic N) is 1. The molecule has 1 N–H and O–H groups in total. The summed E-state index contributed by atoms with van der Waals surface area (Å²) in [5.74, 6) is 0. The molecule has 0 saturated carbocycles. The van der Waals surface area contributed by atoms with E-state index in [0.717, 1.165) is 30.8 Å². The molecule has 0 bridgehead atoms. The lowest BCUT2D eigenvalue weighted by molar-refractivity contribution is 0.178. The number of rotatable bonds is 3. The van der Waals surface area contributed by atoms with E-state index in [1.165, 1.54) is 0 Å². The Labute approximate surface area is 140 Å². The number of benzene rings is 2. The van der Waals surface area contributed by atoms with Gasteiger partial charge in [0.15, 0.2) is 0 Å². The minimum atomic E-state index is -0.533. The van der Waals surface area contributed by atoms with Crippen LogP contribution in [0.1, 0.15) is 17.2 Å². The van der Waals surface area contributed by atoms with Crippen molar-refractivity contribution in [3.8, 4) is 0 Å². The Morgan fingerprint density at radius 3 is 2.48 bits per heavy atom. The van der Waals surface area contributed by atoms with Gasteiger partial charge in [0.1, 0.15) is 0 Å². The van der Waals surface area contributed by atoms with Crippen LogP contribution in [0.15, 0.2) is 63.8 Å². The van der Waals surface area contributed by atoms with Crippen molar-refractivity contribution in [2.24, 2.45) is 0 Å². The first-order valence-corrected chi connectivity index (χ1v) is 8.17. The van der Waals surface area contributed by atoms with Gasteiger partial charge in [0.2, 0.25) is 0 Å². The molecule has 1 atom stereocenters. The highest BCUT2D eigenvalue weighted by molar-refractivity contribution is 9.10. The van der Waals surface area contributed by atoms with Gasteiger partial charge < -0.3 is 5.11 Å². The number of aliphatic hydroxyl groups is 1. The van der Waals surface area contributed by atoms with Crippen molar-refractivity contribution < 1.29 is 5.11 Å². The molecule has 2 aromatic carbocycles. The Balaban J connectivity index is 1.87. The lowest BCUT2D eigenvalue weighted by Crippen LogP contribution is -2.02. The van der Waals surface area contributed by atoms with E-state index in [9.17, 15) is 5.11 Å². The molecule has 0 aliphatic heterocycles. The molecule has 2 nitrogen and oxygen atoms in total. The maximum atomic E-state index is 10.4. The van der Waals surface area contributed by atoms with Crippen LogP contribution >= 0.6 is 31.9 Å². The molecule has 1 heterocycles. The van der Waals surface area contributed by atoms with Gasteiger partial charge in [0.25, 0.3) is 0 Å². The SMILES string of the molecule is OC(Cc1cncc(Br)c1)c1ccc2cc(Br)ccc2c1. The average Bonchev–Trinajstić information content (AvgIpc) is 2.46. The fourth-order valence-electron chi connectivity index (χ4n) is 2.35. The fourth-order valence-corrected chi connectivity index (χ4v) is 3.14. The summed E-state index contributed by atoms with van der Waals surface area (Å²) < 4.78 is 1.99. The van der Waals surface area contributed by atoms with E-state index in [1.54, 1.807) is 12.4 Å². The molecule has 0 amide bonds. The van der Waals surface area contributed by atoms with Crippen LogP contribution in [-0.2, 0) is 6.42 Å². The van der Waals surface area contributed by atoms with Crippen molar-refractivity contribution in [3.05, 3.63) is 74.9 Å². The molecule has 0 aliphatic carbocycles. The third-order valence-corrected chi connectivity index (χ3v) is 4.33. The van der Waals surface area contributed by atoms with Crippen molar-refractivity contribution in [1.82, 2.24) is 4.98 Å². The Morgan fingerprint density at radius 2 is 1.67 bits per heavy atom. The molecule has 0 radical (unpaired) electrons. The van der Waals surface area contributed by atoms with Crippen LogP contribution in [0, 0.1) is 0 Å². The van der Waals surface area contributed by atoms with Crippen LogP contribution in [0.5, 0.6) is 0 Å². The highest BCUT2D eigenvalue weighted by atomic mass is 79.9. The van der Waals surface area contributed by atoms with Gasteiger partial charge in [-0.15, -0.1) is 0 Å². The van der Waals surface area contributed by atoms with Crippen LogP contribution in [0.3, 0.4) is 0 Å². The molecular weight excluding hydrogens is 394 g/mol. The summed E-state index contributed by atoms with van der Waals surface area (Å²) in [5.41, 5.74) is 1.93. The van der Waals surface area contributed by atoms with Crippen molar-refractivity contribution in [1.29, 1.82) is 0 Å². The Kier molecular flexibility index (Phi) is 4.38. The molecule has 21 heavy (non-hydrogen) atoms. The quantitative estimate of drug-likeness (QED) is 0.661. The number of aromatic nitrogens is 1. The normalized spacial score (nSPS) is 12.5. The molecule has 0 aliphatic rings. The van der Waals surface area contributed by atoms with E-state index >= 15 is 0 Å². The van der Waals surface area contributed by atoms with Gasteiger partial charge >= 0.3 is 0 Å². The van der Waals surface area contributed by atoms with E-state index < -0.39 is 6.10 Å². The third kappa shape index (κ3) is 3.51. The highest BCUT2D eigenvalue weighted by Gasteiger charge is 2.10. The van der Waals surface area contributed by atoms with E-state index in [-0.39, 0.29) is 0 Å². The summed E-state index contributed by atoms with van der Waals surface area (Å²) in [7, 11) is 0. The first-order chi connectivity index (χ1) is 10.1. The first-order valence-electron chi connectivity index (χ1n) is 6.58. The number of hydrogen-bond donors (Lipinski definition) is 1. The number of aliphatic hydroxyl groups excluding tert-OH is 1. The minimum Gasteiger partial charge on any atom is -0.388 e.